The molecule has 0 aromatic heterocycles. The van der Waals surface area contributed by atoms with Crippen molar-refractivity contribution in [1.82, 2.24) is 5.32 Å². The second-order valence-electron chi connectivity index (χ2n) is 5.67. The second kappa shape index (κ2) is 8.61. The number of carbonyl (C=O) groups is 3. The first-order valence-electron chi connectivity index (χ1n) is 6.99. The zero-order valence-corrected chi connectivity index (χ0v) is 13.1. The summed E-state index contributed by atoms with van der Waals surface area (Å²) in [6.07, 6.45) is 0.940. The first-order valence-corrected chi connectivity index (χ1v) is 6.99. The van der Waals surface area contributed by atoms with Crippen molar-refractivity contribution in [3.63, 3.8) is 0 Å². The Morgan fingerprint density at radius 1 is 1.29 bits per heavy atom. The number of hydrogen-bond acceptors (Lipinski definition) is 5. The molecule has 0 fully saturated rings. The van der Waals surface area contributed by atoms with Crippen molar-refractivity contribution < 1.29 is 29.0 Å². The van der Waals surface area contributed by atoms with Gasteiger partial charge in [0, 0.05) is 12.8 Å². The van der Waals surface area contributed by atoms with E-state index in [1.807, 2.05) is 6.92 Å². The highest BCUT2D eigenvalue weighted by molar-refractivity contribution is 5.83. The number of aldehydes is 1. The predicted molar refractivity (Wildman–Crippen MR) is 75.9 cm³/mol. The first-order chi connectivity index (χ1) is 9.67. The summed E-state index contributed by atoms with van der Waals surface area (Å²) in [4.78, 5) is 33.8. The standard InChI is InChI=1S/C14H25NO6/c1-5-6-10-20-14(11(17)18,8-7-9-16)15-12(19)21-13(2,3)4/h9H,5-8,10H2,1-4H3,(H,15,19)(H,17,18). The maximum absolute atomic E-state index is 11.8. The maximum atomic E-state index is 11.8. The van der Waals surface area contributed by atoms with Crippen LogP contribution < -0.4 is 5.32 Å². The van der Waals surface area contributed by atoms with Crippen LogP contribution in [0.4, 0.5) is 4.79 Å². The Bertz CT molecular complexity index is 363. The highest BCUT2D eigenvalue weighted by Gasteiger charge is 2.42. The molecule has 0 heterocycles. The van der Waals surface area contributed by atoms with E-state index in [9.17, 15) is 19.5 Å². The minimum Gasteiger partial charge on any atom is -0.478 e. The van der Waals surface area contributed by atoms with Gasteiger partial charge in [-0.05, 0) is 27.2 Å². The molecule has 0 spiro atoms. The van der Waals surface area contributed by atoms with E-state index in [4.69, 9.17) is 9.47 Å². The van der Waals surface area contributed by atoms with Crippen molar-refractivity contribution in [2.24, 2.45) is 0 Å². The van der Waals surface area contributed by atoms with Crippen LogP contribution >= 0.6 is 0 Å². The van der Waals surface area contributed by atoms with Crippen molar-refractivity contribution in [1.29, 1.82) is 0 Å². The lowest BCUT2D eigenvalue weighted by Crippen LogP contribution is -2.57. The molecule has 0 aliphatic rings. The quantitative estimate of drug-likeness (QED) is 0.384. The minimum absolute atomic E-state index is 0.0474. The third-order valence-electron chi connectivity index (χ3n) is 2.51. The van der Waals surface area contributed by atoms with Crippen molar-refractivity contribution in [2.75, 3.05) is 6.61 Å². The summed E-state index contributed by atoms with van der Waals surface area (Å²) in [5, 5.41) is 11.6. The van der Waals surface area contributed by atoms with Crippen LogP contribution in [0.25, 0.3) is 0 Å². The summed E-state index contributed by atoms with van der Waals surface area (Å²) in [6.45, 7) is 7.09. The van der Waals surface area contributed by atoms with Crippen LogP contribution in [-0.2, 0) is 19.1 Å². The molecule has 0 aliphatic heterocycles. The Balaban J connectivity index is 5.01. The molecule has 122 valence electrons. The van der Waals surface area contributed by atoms with Gasteiger partial charge in [-0.1, -0.05) is 13.3 Å². The molecule has 1 amide bonds. The number of amides is 1. The number of carboxylic acid groups (broad SMARTS) is 1. The van der Waals surface area contributed by atoms with E-state index in [1.165, 1.54) is 0 Å². The molecule has 0 radical (unpaired) electrons. The molecule has 0 aliphatic carbocycles. The molecule has 0 saturated heterocycles. The fraction of sp³-hybridized carbons (Fsp3) is 0.786. The highest BCUT2D eigenvalue weighted by atomic mass is 16.6. The van der Waals surface area contributed by atoms with Crippen LogP contribution in [-0.4, -0.2) is 41.4 Å². The molecule has 0 rings (SSSR count). The molecule has 0 aromatic rings. The van der Waals surface area contributed by atoms with E-state index in [1.54, 1.807) is 20.8 Å². The SMILES string of the molecule is CCCCOC(CCC=O)(NC(=O)OC(C)(C)C)C(=O)O. The van der Waals surface area contributed by atoms with Gasteiger partial charge in [0.1, 0.15) is 11.9 Å². The summed E-state index contributed by atoms with van der Waals surface area (Å²) in [5.41, 5.74) is -2.71. The smallest absolute Gasteiger partial charge is 0.410 e. The van der Waals surface area contributed by atoms with Crippen LogP contribution in [0.1, 0.15) is 53.4 Å². The molecule has 0 aromatic carbocycles. The second-order valence-corrected chi connectivity index (χ2v) is 5.67. The van der Waals surface area contributed by atoms with Crippen LogP contribution in [0.15, 0.2) is 0 Å². The minimum atomic E-state index is -1.95. The third kappa shape index (κ3) is 7.65. The molecule has 7 heteroatoms. The van der Waals surface area contributed by atoms with E-state index in [2.05, 4.69) is 5.32 Å². The van der Waals surface area contributed by atoms with E-state index in [-0.39, 0.29) is 19.4 Å². The average molecular weight is 303 g/mol. The van der Waals surface area contributed by atoms with Crippen molar-refractivity contribution in [3.05, 3.63) is 0 Å². The Morgan fingerprint density at radius 3 is 2.33 bits per heavy atom. The Hall–Kier alpha value is -1.63. The third-order valence-corrected chi connectivity index (χ3v) is 2.51. The number of alkyl carbamates (subject to hydrolysis) is 1. The average Bonchev–Trinajstić information content (AvgIpc) is 2.33. The molecule has 0 bridgehead atoms. The molecule has 21 heavy (non-hydrogen) atoms. The van der Waals surface area contributed by atoms with Gasteiger partial charge < -0.3 is 19.4 Å². The summed E-state index contributed by atoms with van der Waals surface area (Å²) < 4.78 is 10.4. The van der Waals surface area contributed by atoms with Gasteiger partial charge in [-0.25, -0.2) is 9.59 Å². The zero-order valence-electron chi connectivity index (χ0n) is 13.1. The van der Waals surface area contributed by atoms with Crippen molar-refractivity contribution in [3.8, 4) is 0 Å². The molecule has 1 atom stereocenters. The van der Waals surface area contributed by atoms with Crippen LogP contribution in [0.2, 0.25) is 0 Å². The van der Waals surface area contributed by atoms with E-state index >= 15 is 0 Å². The summed E-state index contributed by atoms with van der Waals surface area (Å²) in [6, 6.07) is 0. The molecular formula is C14H25NO6. The fourth-order valence-electron chi connectivity index (χ4n) is 1.51. The molecule has 1 unspecified atom stereocenters. The normalized spacial score (nSPS) is 14.1. The molecule has 7 nitrogen and oxygen atoms in total. The molecular weight excluding hydrogens is 278 g/mol. The van der Waals surface area contributed by atoms with Gasteiger partial charge in [-0.15, -0.1) is 0 Å². The molecule has 0 saturated carbocycles. The van der Waals surface area contributed by atoms with E-state index in [0.29, 0.717) is 12.7 Å². The highest BCUT2D eigenvalue weighted by Crippen LogP contribution is 2.18. The topological polar surface area (TPSA) is 102 Å². The lowest BCUT2D eigenvalue weighted by molar-refractivity contribution is -0.172. The Kier molecular flexibility index (Phi) is 7.94. The lowest BCUT2D eigenvalue weighted by atomic mass is 10.1. The fourth-order valence-corrected chi connectivity index (χ4v) is 1.51. The number of ether oxygens (including phenoxy) is 2. The largest absolute Gasteiger partial charge is 0.478 e. The summed E-state index contributed by atoms with van der Waals surface area (Å²) in [5.74, 6) is -1.36. The van der Waals surface area contributed by atoms with Gasteiger partial charge >= 0.3 is 12.1 Å². The number of carboxylic acids is 1. The Labute approximate surface area is 125 Å². The van der Waals surface area contributed by atoms with Gasteiger partial charge in [-0.3, -0.25) is 5.32 Å². The van der Waals surface area contributed by atoms with Crippen molar-refractivity contribution in [2.45, 2.75) is 64.7 Å². The van der Waals surface area contributed by atoms with Gasteiger partial charge in [0.2, 0.25) is 5.72 Å². The number of unbranched alkanes of at least 4 members (excludes halogenated alkanes) is 1. The number of rotatable bonds is 9. The first kappa shape index (κ1) is 19.4. The predicted octanol–water partition coefficient (Wildman–Crippen LogP) is 2.09. The van der Waals surface area contributed by atoms with E-state index in [0.717, 1.165) is 6.42 Å². The number of hydrogen-bond donors (Lipinski definition) is 2. The Morgan fingerprint density at radius 2 is 1.90 bits per heavy atom. The van der Waals surface area contributed by atoms with Crippen LogP contribution in [0, 0.1) is 0 Å². The maximum Gasteiger partial charge on any atom is 0.410 e. The van der Waals surface area contributed by atoms with Crippen molar-refractivity contribution >= 4 is 18.3 Å². The van der Waals surface area contributed by atoms with E-state index < -0.39 is 23.4 Å². The monoisotopic (exact) mass is 303 g/mol. The van der Waals surface area contributed by atoms with Gasteiger partial charge in [0.15, 0.2) is 0 Å². The number of nitrogens with one attached hydrogen (secondary N) is 1. The summed E-state index contributed by atoms with van der Waals surface area (Å²) in [7, 11) is 0. The summed E-state index contributed by atoms with van der Waals surface area (Å²) >= 11 is 0. The van der Waals surface area contributed by atoms with Crippen LogP contribution in [0.3, 0.4) is 0 Å². The zero-order chi connectivity index (χ0) is 16.5. The van der Waals surface area contributed by atoms with Gasteiger partial charge in [-0.2, -0.15) is 0 Å². The number of carbonyl (C=O) groups excluding carboxylic acids is 2. The van der Waals surface area contributed by atoms with Gasteiger partial charge in [0.05, 0.1) is 6.61 Å². The van der Waals surface area contributed by atoms with Crippen LogP contribution in [0.5, 0.6) is 0 Å². The number of aliphatic carboxylic acids is 1. The molecule has 2 N–H and O–H groups in total. The van der Waals surface area contributed by atoms with Gasteiger partial charge in [0.25, 0.3) is 0 Å². The lowest BCUT2D eigenvalue weighted by Gasteiger charge is -2.31.